The van der Waals surface area contributed by atoms with Crippen molar-refractivity contribution < 1.29 is 15.0 Å². The summed E-state index contributed by atoms with van der Waals surface area (Å²) >= 11 is 3.35. The Hall–Kier alpha value is -0.910. The summed E-state index contributed by atoms with van der Waals surface area (Å²) < 4.78 is 0. The SMILES string of the molecule is CC(=O)NCCC(O)C(O)c1ccccc1CBr. The van der Waals surface area contributed by atoms with Crippen LogP contribution in [0.2, 0.25) is 0 Å². The van der Waals surface area contributed by atoms with Crippen molar-refractivity contribution in [3.05, 3.63) is 35.4 Å². The van der Waals surface area contributed by atoms with Crippen LogP contribution in [-0.2, 0) is 10.1 Å². The average Bonchev–Trinajstić information content (AvgIpc) is 2.37. The Bertz CT molecular complexity index is 398. The Morgan fingerprint density at radius 2 is 2.06 bits per heavy atom. The fourth-order valence-corrected chi connectivity index (χ4v) is 2.22. The van der Waals surface area contributed by atoms with Crippen LogP contribution in [0.3, 0.4) is 0 Å². The van der Waals surface area contributed by atoms with Crippen molar-refractivity contribution in [2.45, 2.75) is 30.9 Å². The van der Waals surface area contributed by atoms with Crippen LogP contribution in [0.15, 0.2) is 24.3 Å². The molecule has 1 rings (SSSR count). The second-order valence-electron chi connectivity index (χ2n) is 4.12. The molecule has 1 amide bonds. The van der Waals surface area contributed by atoms with E-state index in [1.807, 2.05) is 18.2 Å². The fourth-order valence-electron chi connectivity index (χ4n) is 1.71. The monoisotopic (exact) mass is 315 g/mol. The minimum absolute atomic E-state index is 0.141. The first-order chi connectivity index (χ1) is 8.56. The van der Waals surface area contributed by atoms with E-state index in [0.717, 1.165) is 5.56 Å². The van der Waals surface area contributed by atoms with Gasteiger partial charge in [-0.3, -0.25) is 4.79 Å². The summed E-state index contributed by atoms with van der Waals surface area (Å²) in [6.07, 6.45) is -1.51. The molecule has 0 heterocycles. The molecule has 0 fully saturated rings. The van der Waals surface area contributed by atoms with Crippen LogP contribution in [-0.4, -0.2) is 28.8 Å². The van der Waals surface area contributed by atoms with E-state index in [-0.39, 0.29) is 5.91 Å². The number of hydrogen-bond donors (Lipinski definition) is 3. The summed E-state index contributed by atoms with van der Waals surface area (Å²) in [6.45, 7) is 1.77. The van der Waals surface area contributed by atoms with Gasteiger partial charge in [-0.25, -0.2) is 0 Å². The van der Waals surface area contributed by atoms with Crippen LogP contribution < -0.4 is 5.32 Å². The van der Waals surface area contributed by atoms with Crippen LogP contribution in [0.1, 0.15) is 30.6 Å². The van der Waals surface area contributed by atoms with Crippen LogP contribution in [0.5, 0.6) is 0 Å². The third-order valence-electron chi connectivity index (χ3n) is 2.70. The van der Waals surface area contributed by atoms with Crippen molar-refractivity contribution in [3.63, 3.8) is 0 Å². The molecular weight excluding hydrogens is 298 g/mol. The Balaban J connectivity index is 2.62. The number of aliphatic hydroxyl groups is 2. The molecule has 0 aromatic heterocycles. The number of hydrogen-bond acceptors (Lipinski definition) is 3. The maximum atomic E-state index is 10.7. The molecule has 5 heteroatoms. The number of benzene rings is 1. The highest BCUT2D eigenvalue weighted by molar-refractivity contribution is 9.08. The molecule has 2 unspecified atom stereocenters. The first-order valence-corrected chi connectivity index (χ1v) is 6.92. The summed E-state index contributed by atoms with van der Waals surface area (Å²) in [6, 6.07) is 7.40. The Labute approximate surface area is 115 Å². The lowest BCUT2D eigenvalue weighted by Crippen LogP contribution is -2.28. The maximum absolute atomic E-state index is 10.7. The molecule has 0 aliphatic carbocycles. The van der Waals surface area contributed by atoms with Gasteiger partial charge in [0.15, 0.2) is 0 Å². The normalized spacial score (nSPS) is 14.0. The number of aliphatic hydroxyl groups excluding tert-OH is 2. The van der Waals surface area contributed by atoms with Gasteiger partial charge in [0.05, 0.1) is 6.10 Å². The lowest BCUT2D eigenvalue weighted by atomic mass is 9.98. The molecular formula is C13H18BrNO3. The maximum Gasteiger partial charge on any atom is 0.216 e. The number of carbonyl (C=O) groups is 1. The van der Waals surface area contributed by atoms with E-state index in [2.05, 4.69) is 21.2 Å². The lowest BCUT2D eigenvalue weighted by Gasteiger charge is -2.20. The molecule has 0 spiro atoms. The van der Waals surface area contributed by atoms with Gasteiger partial charge >= 0.3 is 0 Å². The van der Waals surface area contributed by atoms with E-state index < -0.39 is 12.2 Å². The average molecular weight is 316 g/mol. The number of amides is 1. The Morgan fingerprint density at radius 1 is 1.39 bits per heavy atom. The highest BCUT2D eigenvalue weighted by Gasteiger charge is 2.20. The van der Waals surface area contributed by atoms with Gasteiger partial charge in [-0.1, -0.05) is 40.2 Å². The molecule has 0 saturated carbocycles. The molecule has 0 saturated heterocycles. The second kappa shape index (κ2) is 7.51. The highest BCUT2D eigenvalue weighted by atomic mass is 79.9. The Kier molecular flexibility index (Phi) is 6.32. The van der Waals surface area contributed by atoms with Gasteiger partial charge in [0.2, 0.25) is 5.91 Å². The molecule has 4 nitrogen and oxygen atoms in total. The summed E-state index contributed by atoms with van der Waals surface area (Å²) in [4.78, 5) is 10.7. The summed E-state index contributed by atoms with van der Waals surface area (Å²) in [7, 11) is 0. The highest BCUT2D eigenvalue weighted by Crippen LogP contribution is 2.24. The summed E-state index contributed by atoms with van der Waals surface area (Å²) in [5, 5.41) is 23.2. The summed E-state index contributed by atoms with van der Waals surface area (Å²) in [5.41, 5.74) is 1.66. The molecule has 1 aromatic carbocycles. The van der Waals surface area contributed by atoms with E-state index >= 15 is 0 Å². The van der Waals surface area contributed by atoms with Crippen molar-refractivity contribution in [2.75, 3.05) is 6.54 Å². The van der Waals surface area contributed by atoms with Crippen molar-refractivity contribution in [3.8, 4) is 0 Å². The van der Waals surface area contributed by atoms with Gasteiger partial charge in [-0.2, -0.15) is 0 Å². The predicted molar refractivity (Wildman–Crippen MR) is 73.3 cm³/mol. The van der Waals surface area contributed by atoms with Gasteiger partial charge in [0, 0.05) is 18.8 Å². The van der Waals surface area contributed by atoms with E-state index in [4.69, 9.17) is 0 Å². The zero-order valence-corrected chi connectivity index (χ0v) is 11.9. The first-order valence-electron chi connectivity index (χ1n) is 5.80. The quantitative estimate of drug-likeness (QED) is 0.697. The van der Waals surface area contributed by atoms with Gasteiger partial charge in [0.25, 0.3) is 0 Å². The van der Waals surface area contributed by atoms with Crippen LogP contribution in [0.25, 0.3) is 0 Å². The number of carbonyl (C=O) groups excluding carboxylic acids is 1. The topological polar surface area (TPSA) is 69.6 Å². The minimum atomic E-state index is -0.937. The van der Waals surface area contributed by atoms with E-state index in [1.54, 1.807) is 6.07 Å². The fraction of sp³-hybridized carbons (Fsp3) is 0.462. The van der Waals surface area contributed by atoms with E-state index in [9.17, 15) is 15.0 Å². The lowest BCUT2D eigenvalue weighted by molar-refractivity contribution is -0.119. The molecule has 18 heavy (non-hydrogen) atoms. The third kappa shape index (κ3) is 4.40. The van der Waals surface area contributed by atoms with E-state index in [1.165, 1.54) is 6.92 Å². The molecule has 0 aliphatic heterocycles. The van der Waals surface area contributed by atoms with Gasteiger partial charge in [-0.15, -0.1) is 0 Å². The van der Waals surface area contributed by atoms with E-state index in [0.29, 0.717) is 23.9 Å². The zero-order valence-electron chi connectivity index (χ0n) is 10.3. The molecule has 1 aromatic rings. The summed E-state index contributed by atoms with van der Waals surface area (Å²) in [5.74, 6) is -0.141. The van der Waals surface area contributed by atoms with Crippen molar-refractivity contribution in [1.82, 2.24) is 5.32 Å². The van der Waals surface area contributed by atoms with Crippen molar-refractivity contribution in [2.24, 2.45) is 0 Å². The molecule has 0 radical (unpaired) electrons. The largest absolute Gasteiger partial charge is 0.390 e. The molecule has 2 atom stereocenters. The van der Waals surface area contributed by atoms with Crippen LogP contribution in [0, 0.1) is 0 Å². The number of halogens is 1. The molecule has 0 bridgehead atoms. The molecule has 0 aliphatic rings. The predicted octanol–water partition coefficient (Wildman–Crippen LogP) is 1.50. The third-order valence-corrected chi connectivity index (χ3v) is 3.30. The molecule has 3 N–H and O–H groups in total. The second-order valence-corrected chi connectivity index (χ2v) is 4.68. The Morgan fingerprint density at radius 3 is 2.67 bits per heavy atom. The van der Waals surface area contributed by atoms with Crippen LogP contribution in [0.4, 0.5) is 0 Å². The van der Waals surface area contributed by atoms with Crippen molar-refractivity contribution >= 4 is 21.8 Å². The number of alkyl halides is 1. The zero-order chi connectivity index (χ0) is 13.5. The molecule has 100 valence electrons. The van der Waals surface area contributed by atoms with Gasteiger partial charge < -0.3 is 15.5 Å². The number of nitrogens with one attached hydrogen (secondary N) is 1. The van der Waals surface area contributed by atoms with Crippen LogP contribution >= 0.6 is 15.9 Å². The van der Waals surface area contributed by atoms with Gasteiger partial charge in [-0.05, 0) is 17.5 Å². The number of rotatable bonds is 6. The first kappa shape index (κ1) is 15.1. The standard InChI is InChI=1S/C13H18BrNO3/c1-9(16)15-7-6-12(17)13(18)11-5-3-2-4-10(11)8-14/h2-5,12-13,17-18H,6-8H2,1H3,(H,15,16). The van der Waals surface area contributed by atoms with Crippen molar-refractivity contribution in [1.29, 1.82) is 0 Å². The minimum Gasteiger partial charge on any atom is -0.390 e. The van der Waals surface area contributed by atoms with Gasteiger partial charge in [0.1, 0.15) is 6.10 Å². The smallest absolute Gasteiger partial charge is 0.216 e.